The first-order valence-electron chi connectivity index (χ1n) is 12.5. The predicted molar refractivity (Wildman–Crippen MR) is 149 cm³/mol. The second-order valence-corrected chi connectivity index (χ2v) is 9.34. The van der Waals surface area contributed by atoms with Crippen molar-refractivity contribution in [3.05, 3.63) is 106 Å². The Balaban J connectivity index is 1.88. The van der Waals surface area contributed by atoms with Crippen molar-refractivity contribution in [2.45, 2.75) is 32.2 Å². The lowest BCUT2D eigenvalue weighted by Crippen LogP contribution is -2.32. The van der Waals surface area contributed by atoms with Gasteiger partial charge in [0.1, 0.15) is 0 Å². The molecule has 0 saturated heterocycles. The molecule has 0 heterocycles. The molecule has 1 atom stereocenters. The molecular formula is C31H35N3O3. The Hall–Kier alpha value is -4.03. The van der Waals surface area contributed by atoms with Crippen molar-refractivity contribution in [3.8, 4) is 0 Å². The molecule has 2 amide bonds. The van der Waals surface area contributed by atoms with Gasteiger partial charge in [0, 0.05) is 23.6 Å². The third-order valence-electron chi connectivity index (χ3n) is 6.13. The Bertz CT molecular complexity index is 1250. The summed E-state index contributed by atoms with van der Waals surface area (Å²) in [6.45, 7) is 2.75. The summed E-state index contributed by atoms with van der Waals surface area (Å²) in [4.78, 5) is 40.2. The summed E-state index contributed by atoms with van der Waals surface area (Å²) in [5.41, 5.74) is 10.1. The number of ketones is 1. The highest BCUT2D eigenvalue weighted by atomic mass is 16.2. The molecule has 0 fully saturated rings. The second kappa shape index (κ2) is 13.3. The maximum atomic E-state index is 13.3. The number of Topliss-reactive ketones (excluding diaryl/α,β-unsaturated/α-hetero) is 1. The average Bonchev–Trinajstić information content (AvgIpc) is 2.89. The molecule has 6 heteroatoms. The molecule has 0 radical (unpaired) electrons. The third kappa shape index (κ3) is 7.72. The fourth-order valence-electron chi connectivity index (χ4n) is 4.33. The lowest BCUT2D eigenvalue weighted by atomic mass is 9.84. The molecule has 3 N–H and O–H groups in total. The first kappa shape index (κ1) is 27.6. The summed E-state index contributed by atoms with van der Waals surface area (Å²) in [6, 6.07) is 22.3. The lowest BCUT2D eigenvalue weighted by molar-refractivity contribution is -0.119. The van der Waals surface area contributed by atoms with Gasteiger partial charge in [-0.15, -0.1) is 0 Å². The van der Waals surface area contributed by atoms with Crippen LogP contribution in [0.15, 0.2) is 72.8 Å². The molecular weight excluding hydrogens is 462 g/mol. The van der Waals surface area contributed by atoms with Crippen LogP contribution in [0.4, 0.5) is 0 Å². The van der Waals surface area contributed by atoms with E-state index in [1.165, 1.54) is 5.56 Å². The molecule has 192 valence electrons. The van der Waals surface area contributed by atoms with Crippen molar-refractivity contribution >= 4 is 29.7 Å². The van der Waals surface area contributed by atoms with Crippen molar-refractivity contribution in [3.63, 3.8) is 0 Å². The van der Waals surface area contributed by atoms with Crippen LogP contribution in [-0.4, -0.2) is 43.1 Å². The van der Waals surface area contributed by atoms with Crippen molar-refractivity contribution in [2.24, 2.45) is 5.73 Å². The fraction of sp³-hybridized carbons (Fsp3) is 0.258. The smallest absolute Gasteiger partial charge is 0.251 e. The van der Waals surface area contributed by atoms with E-state index in [9.17, 15) is 14.4 Å². The predicted octanol–water partition coefficient (Wildman–Crippen LogP) is 4.90. The van der Waals surface area contributed by atoms with Gasteiger partial charge in [0.15, 0.2) is 5.78 Å². The molecule has 0 bridgehead atoms. The summed E-state index contributed by atoms with van der Waals surface area (Å²) in [5, 5.41) is 2.74. The largest absolute Gasteiger partial charge is 0.366 e. The van der Waals surface area contributed by atoms with Crippen molar-refractivity contribution < 1.29 is 14.4 Å². The molecule has 0 aromatic heterocycles. The Kier molecular flexibility index (Phi) is 9.92. The summed E-state index contributed by atoms with van der Waals surface area (Å²) >= 11 is 0. The van der Waals surface area contributed by atoms with Crippen LogP contribution in [0.2, 0.25) is 0 Å². The molecule has 3 rings (SSSR count). The van der Waals surface area contributed by atoms with E-state index in [1.807, 2.05) is 57.4 Å². The third-order valence-corrected chi connectivity index (χ3v) is 6.13. The van der Waals surface area contributed by atoms with Gasteiger partial charge >= 0.3 is 0 Å². The molecule has 0 spiro atoms. The standard InChI is InChI=1S/C31H35N3O3/c1-4-9-27(29(35)20-33-31(37)24-10-6-5-7-11-24)25-12-8-13-28(30(32)36)26(25)19-18-22-14-16-23(17-15-22)21-34(2)3/h5-8,10-19,27H,4,9,20-21H2,1-3H3,(H2,32,36)(H,33,37). The SMILES string of the molecule is CCCC(C(=O)CNC(=O)c1ccccc1)c1cccc(C(N)=O)c1C=Cc1ccc(CN(C)C)cc1. The number of nitrogens with two attached hydrogens (primary N) is 1. The van der Waals surface area contributed by atoms with E-state index in [2.05, 4.69) is 22.3 Å². The van der Waals surface area contributed by atoms with Gasteiger partial charge in [0.2, 0.25) is 5.91 Å². The maximum absolute atomic E-state index is 13.3. The van der Waals surface area contributed by atoms with Crippen LogP contribution in [0.25, 0.3) is 12.2 Å². The topological polar surface area (TPSA) is 92.5 Å². The zero-order chi connectivity index (χ0) is 26.8. The molecule has 3 aromatic rings. The van der Waals surface area contributed by atoms with Gasteiger partial charge in [-0.25, -0.2) is 0 Å². The van der Waals surface area contributed by atoms with Crippen LogP contribution in [0.3, 0.4) is 0 Å². The highest BCUT2D eigenvalue weighted by Gasteiger charge is 2.24. The van der Waals surface area contributed by atoms with Crippen molar-refractivity contribution in [2.75, 3.05) is 20.6 Å². The summed E-state index contributed by atoms with van der Waals surface area (Å²) in [5.74, 6) is -1.45. The number of benzene rings is 3. The number of rotatable bonds is 12. The highest BCUT2D eigenvalue weighted by Crippen LogP contribution is 2.29. The number of hydrogen-bond donors (Lipinski definition) is 2. The summed E-state index contributed by atoms with van der Waals surface area (Å²) in [6.07, 6.45) is 5.13. The van der Waals surface area contributed by atoms with Crippen LogP contribution >= 0.6 is 0 Å². The van der Waals surface area contributed by atoms with Crippen LogP contribution in [0, 0.1) is 0 Å². The van der Waals surface area contributed by atoms with Crippen molar-refractivity contribution in [1.82, 2.24) is 10.2 Å². The van der Waals surface area contributed by atoms with E-state index >= 15 is 0 Å². The minimum Gasteiger partial charge on any atom is -0.366 e. The van der Waals surface area contributed by atoms with Gasteiger partial charge in [0.05, 0.1) is 6.54 Å². The fourth-order valence-corrected chi connectivity index (χ4v) is 4.33. The van der Waals surface area contributed by atoms with Gasteiger partial charge in [-0.3, -0.25) is 14.4 Å². The van der Waals surface area contributed by atoms with E-state index in [0.717, 1.165) is 24.1 Å². The first-order valence-corrected chi connectivity index (χ1v) is 12.5. The Morgan fingerprint density at radius 2 is 1.62 bits per heavy atom. The number of primary amides is 1. The molecule has 0 aliphatic heterocycles. The molecule has 0 aliphatic carbocycles. The Morgan fingerprint density at radius 3 is 2.24 bits per heavy atom. The van der Waals surface area contributed by atoms with E-state index in [0.29, 0.717) is 23.1 Å². The number of nitrogens with one attached hydrogen (secondary N) is 1. The molecule has 6 nitrogen and oxygen atoms in total. The number of amides is 2. The molecule has 1 unspecified atom stereocenters. The van der Waals surface area contributed by atoms with Gasteiger partial charge in [-0.1, -0.05) is 80.1 Å². The number of carbonyl (C=O) groups excluding carboxylic acids is 3. The van der Waals surface area contributed by atoms with Gasteiger partial charge in [-0.05, 0) is 61.0 Å². The zero-order valence-corrected chi connectivity index (χ0v) is 21.7. The van der Waals surface area contributed by atoms with E-state index in [1.54, 1.807) is 36.4 Å². The molecule has 3 aromatic carbocycles. The van der Waals surface area contributed by atoms with Crippen molar-refractivity contribution in [1.29, 1.82) is 0 Å². The Labute approximate surface area is 219 Å². The normalized spacial score (nSPS) is 12.0. The van der Waals surface area contributed by atoms with Gasteiger partial charge < -0.3 is 16.0 Å². The highest BCUT2D eigenvalue weighted by molar-refractivity contribution is 6.01. The van der Waals surface area contributed by atoms with Crippen LogP contribution < -0.4 is 11.1 Å². The number of carbonyl (C=O) groups is 3. The van der Waals surface area contributed by atoms with E-state index in [4.69, 9.17) is 5.73 Å². The number of nitrogens with zero attached hydrogens (tertiary/aromatic N) is 1. The monoisotopic (exact) mass is 497 g/mol. The zero-order valence-electron chi connectivity index (χ0n) is 21.7. The average molecular weight is 498 g/mol. The van der Waals surface area contributed by atoms with Gasteiger partial charge in [-0.2, -0.15) is 0 Å². The van der Waals surface area contributed by atoms with Gasteiger partial charge in [0.25, 0.3) is 5.91 Å². The van der Waals surface area contributed by atoms with Crippen LogP contribution in [0.5, 0.6) is 0 Å². The quantitative estimate of drug-likeness (QED) is 0.348. The van der Waals surface area contributed by atoms with Crippen LogP contribution in [-0.2, 0) is 11.3 Å². The Morgan fingerprint density at radius 1 is 0.919 bits per heavy atom. The summed E-state index contributed by atoms with van der Waals surface area (Å²) < 4.78 is 0. The first-order chi connectivity index (χ1) is 17.8. The molecule has 37 heavy (non-hydrogen) atoms. The second-order valence-electron chi connectivity index (χ2n) is 9.34. The minimum atomic E-state index is -0.553. The van der Waals surface area contributed by atoms with Crippen LogP contribution in [0.1, 0.15) is 68.7 Å². The number of hydrogen-bond acceptors (Lipinski definition) is 4. The molecule has 0 aliphatic rings. The summed E-state index contributed by atoms with van der Waals surface area (Å²) in [7, 11) is 4.05. The van der Waals surface area contributed by atoms with E-state index < -0.39 is 11.8 Å². The minimum absolute atomic E-state index is 0.102. The molecule has 0 saturated carbocycles. The maximum Gasteiger partial charge on any atom is 0.251 e. The lowest BCUT2D eigenvalue weighted by Gasteiger charge is -2.20. The van der Waals surface area contributed by atoms with E-state index in [-0.39, 0.29) is 18.2 Å².